The van der Waals surface area contributed by atoms with Gasteiger partial charge in [-0.3, -0.25) is 4.98 Å². The second-order valence-corrected chi connectivity index (χ2v) is 17.0. The van der Waals surface area contributed by atoms with Crippen LogP contribution >= 0.6 is 23.2 Å². The SMILES string of the molecule is C[C@@H](COc1ccnc2c1[C@H](C)CCC2)C[C@H]1Cc2cc(Cl)c(OCCn3cc(C4CC4)nn3)cc2C12CCC(Nc1cccc(Cl)c1)(C(=O)O)CC2. The number of aliphatic carboxylic acids is 1. The molecule has 2 saturated carbocycles. The molecule has 2 N–H and O–H groups in total. The molecule has 2 aromatic heterocycles. The molecule has 8 rings (SSSR count). The summed E-state index contributed by atoms with van der Waals surface area (Å²) in [4.78, 5) is 17.7. The summed E-state index contributed by atoms with van der Waals surface area (Å²) in [7, 11) is 0. The molecule has 3 atom stereocenters. The number of hydrogen-bond donors (Lipinski definition) is 2. The van der Waals surface area contributed by atoms with Crippen LogP contribution in [0.4, 0.5) is 5.69 Å². The highest BCUT2D eigenvalue weighted by atomic mass is 35.5. The normalized spacial score (nSPS) is 25.4. The first-order chi connectivity index (χ1) is 25.6. The Morgan fingerprint density at radius 1 is 1.08 bits per heavy atom. The highest BCUT2D eigenvalue weighted by Crippen LogP contribution is 2.57. The van der Waals surface area contributed by atoms with Crippen molar-refractivity contribution in [1.82, 2.24) is 20.0 Å². The zero-order chi connectivity index (χ0) is 36.7. The lowest BCUT2D eigenvalue weighted by molar-refractivity contribution is -0.144. The van der Waals surface area contributed by atoms with Crippen molar-refractivity contribution in [2.75, 3.05) is 18.5 Å². The van der Waals surface area contributed by atoms with E-state index in [0.717, 1.165) is 55.7 Å². The van der Waals surface area contributed by atoms with E-state index in [1.165, 1.54) is 41.6 Å². The summed E-state index contributed by atoms with van der Waals surface area (Å²) in [6.45, 7) is 6.16. The predicted octanol–water partition coefficient (Wildman–Crippen LogP) is 9.40. The van der Waals surface area contributed by atoms with Gasteiger partial charge in [0, 0.05) is 40.3 Å². The van der Waals surface area contributed by atoms with E-state index in [9.17, 15) is 9.90 Å². The number of anilines is 1. The number of ether oxygens (including phenoxy) is 2. The summed E-state index contributed by atoms with van der Waals surface area (Å²) < 4.78 is 14.8. The third-order valence-electron chi connectivity index (χ3n) is 12.5. The maximum absolute atomic E-state index is 13.0. The van der Waals surface area contributed by atoms with Gasteiger partial charge >= 0.3 is 5.97 Å². The number of carbonyl (C=O) groups is 1. The minimum Gasteiger partial charge on any atom is -0.493 e. The first kappa shape index (κ1) is 36.2. The first-order valence-corrected chi connectivity index (χ1v) is 20.1. The number of pyridine rings is 1. The molecule has 53 heavy (non-hydrogen) atoms. The van der Waals surface area contributed by atoms with Crippen LogP contribution in [0.1, 0.15) is 112 Å². The number of carboxylic acids is 1. The van der Waals surface area contributed by atoms with Crippen LogP contribution < -0.4 is 14.8 Å². The van der Waals surface area contributed by atoms with Gasteiger partial charge in [-0.15, -0.1) is 5.10 Å². The van der Waals surface area contributed by atoms with Crippen LogP contribution in [0.25, 0.3) is 0 Å². The van der Waals surface area contributed by atoms with Crippen LogP contribution in [0, 0.1) is 11.8 Å². The lowest BCUT2D eigenvalue weighted by Crippen LogP contribution is -2.53. The quantitative estimate of drug-likeness (QED) is 0.139. The zero-order valence-corrected chi connectivity index (χ0v) is 32.1. The van der Waals surface area contributed by atoms with Crippen LogP contribution in [0.2, 0.25) is 10.0 Å². The fourth-order valence-electron chi connectivity index (χ4n) is 9.46. The van der Waals surface area contributed by atoms with Crippen molar-refractivity contribution in [2.45, 2.75) is 114 Å². The number of rotatable bonds is 13. The molecule has 2 fully saturated rings. The summed E-state index contributed by atoms with van der Waals surface area (Å²) in [6.07, 6.45) is 13.8. The third kappa shape index (κ3) is 7.36. The molecule has 0 unspecified atom stereocenters. The van der Waals surface area contributed by atoms with Gasteiger partial charge in [-0.05, 0) is 141 Å². The number of halogens is 2. The Labute approximate surface area is 321 Å². The molecule has 0 amide bonds. The number of nitrogens with one attached hydrogen (secondary N) is 1. The molecule has 0 radical (unpaired) electrons. The highest BCUT2D eigenvalue weighted by molar-refractivity contribution is 6.32. The van der Waals surface area contributed by atoms with Crippen LogP contribution in [-0.2, 0) is 29.6 Å². The number of benzene rings is 2. The predicted molar refractivity (Wildman–Crippen MR) is 207 cm³/mol. The van der Waals surface area contributed by atoms with E-state index in [1.807, 2.05) is 35.3 Å². The van der Waals surface area contributed by atoms with E-state index >= 15 is 0 Å². The largest absolute Gasteiger partial charge is 0.493 e. The number of aromatic nitrogens is 4. The first-order valence-electron chi connectivity index (χ1n) is 19.4. The van der Waals surface area contributed by atoms with Crippen molar-refractivity contribution in [3.63, 3.8) is 0 Å². The van der Waals surface area contributed by atoms with Crippen molar-refractivity contribution in [3.8, 4) is 11.5 Å². The van der Waals surface area contributed by atoms with E-state index in [0.29, 0.717) is 66.1 Å². The van der Waals surface area contributed by atoms with Crippen LogP contribution in [0.15, 0.2) is 54.9 Å². The highest BCUT2D eigenvalue weighted by Gasteiger charge is 2.54. The van der Waals surface area contributed by atoms with Gasteiger partial charge in [-0.25, -0.2) is 9.48 Å². The number of nitrogens with zero attached hydrogens (tertiary/aromatic N) is 4. The molecule has 11 heteroatoms. The minimum atomic E-state index is -1.10. The van der Waals surface area contributed by atoms with Gasteiger partial charge in [-0.2, -0.15) is 0 Å². The molecule has 1 spiro atoms. The summed E-state index contributed by atoms with van der Waals surface area (Å²) in [5, 5.41) is 23.9. The molecular formula is C42H49Cl2N5O4. The van der Waals surface area contributed by atoms with Crippen LogP contribution in [-0.4, -0.2) is 49.8 Å². The molecule has 9 nitrogen and oxygen atoms in total. The van der Waals surface area contributed by atoms with Crippen molar-refractivity contribution in [2.24, 2.45) is 11.8 Å². The second kappa shape index (κ2) is 14.8. The number of aryl methyl sites for hydroxylation is 1. The Morgan fingerprint density at radius 3 is 2.68 bits per heavy atom. The molecule has 2 heterocycles. The van der Waals surface area contributed by atoms with Crippen molar-refractivity contribution >= 4 is 34.9 Å². The van der Waals surface area contributed by atoms with Gasteiger partial charge in [0.05, 0.1) is 23.9 Å². The van der Waals surface area contributed by atoms with Crippen LogP contribution in [0.3, 0.4) is 0 Å². The summed E-state index contributed by atoms with van der Waals surface area (Å²) in [5.41, 5.74) is 5.37. The van der Waals surface area contributed by atoms with E-state index in [1.54, 1.807) is 12.1 Å². The maximum atomic E-state index is 13.0. The Morgan fingerprint density at radius 2 is 1.91 bits per heavy atom. The number of hydrogen-bond acceptors (Lipinski definition) is 7. The summed E-state index contributed by atoms with van der Waals surface area (Å²) in [5.74, 6) is 2.36. The van der Waals surface area contributed by atoms with Gasteiger partial charge in [0.1, 0.15) is 23.6 Å². The Kier molecular flexibility index (Phi) is 10.1. The average molecular weight is 759 g/mol. The summed E-state index contributed by atoms with van der Waals surface area (Å²) >= 11 is 13.2. The Balaban J connectivity index is 1.03. The monoisotopic (exact) mass is 757 g/mol. The smallest absolute Gasteiger partial charge is 0.329 e. The molecule has 0 saturated heterocycles. The molecule has 4 aromatic rings. The number of carboxylic acid groups (broad SMARTS) is 1. The van der Waals surface area contributed by atoms with Gasteiger partial charge in [0.15, 0.2) is 0 Å². The third-order valence-corrected chi connectivity index (χ3v) is 13.0. The van der Waals surface area contributed by atoms with Crippen molar-refractivity contribution in [3.05, 3.63) is 93.0 Å². The van der Waals surface area contributed by atoms with Gasteiger partial charge in [0.2, 0.25) is 0 Å². The number of fused-ring (bicyclic) bond motifs is 3. The molecule has 4 aliphatic carbocycles. The van der Waals surface area contributed by atoms with Gasteiger partial charge in [0.25, 0.3) is 0 Å². The molecule has 0 aliphatic heterocycles. The van der Waals surface area contributed by atoms with Crippen molar-refractivity contribution < 1.29 is 19.4 Å². The molecule has 4 aliphatic rings. The Hall–Kier alpha value is -3.82. The van der Waals surface area contributed by atoms with Gasteiger partial charge < -0.3 is 19.9 Å². The topological polar surface area (TPSA) is 111 Å². The average Bonchev–Trinajstić information content (AvgIpc) is 3.82. The molecule has 2 aromatic carbocycles. The Bertz CT molecular complexity index is 1970. The standard InChI is InChI=1S/C42H49Cl2N5O4/c1-26(25-53-37-11-16-45-35-8-3-5-27(2)39(35)37)19-30-20-29-21-34(44)38(52-18-17-49-24-36(47-48-49)28-9-10-28)23-33(29)41(30)12-14-42(15-13-41,40(50)51)46-32-7-4-6-31(43)22-32/h4,6-7,11,16,21-24,26-28,30,46H,3,5,8-10,12-15,17-20,25H2,1-2H3,(H,50,51)/t26-,27-,30+,41?,42?/m1/s1. The van der Waals surface area contributed by atoms with E-state index in [2.05, 4.69) is 46.6 Å². The zero-order valence-electron chi connectivity index (χ0n) is 30.6. The lowest BCUT2D eigenvalue weighted by atomic mass is 9.59. The molecule has 280 valence electrons. The maximum Gasteiger partial charge on any atom is 0.329 e. The van der Waals surface area contributed by atoms with Crippen molar-refractivity contribution in [1.29, 1.82) is 0 Å². The van der Waals surface area contributed by atoms with E-state index < -0.39 is 11.5 Å². The van der Waals surface area contributed by atoms with E-state index in [-0.39, 0.29) is 11.3 Å². The minimum absolute atomic E-state index is 0.226. The van der Waals surface area contributed by atoms with Gasteiger partial charge in [-0.1, -0.05) is 48.3 Å². The van der Waals surface area contributed by atoms with Crippen LogP contribution in [0.5, 0.6) is 11.5 Å². The second-order valence-electron chi connectivity index (χ2n) is 16.2. The summed E-state index contributed by atoms with van der Waals surface area (Å²) in [6, 6.07) is 13.6. The molecular weight excluding hydrogens is 709 g/mol. The van der Waals surface area contributed by atoms with E-state index in [4.69, 9.17) is 32.7 Å². The fourth-order valence-corrected chi connectivity index (χ4v) is 9.89. The fraction of sp³-hybridized carbons (Fsp3) is 0.524. The lowest BCUT2D eigenvalue weighted by Gasteiger charge is -2.47. The molecule has 0 bridgehead atoms.